The van der Waals surface area contributed by atoms with Crippen molar-refractivity contribution in [1.29, 1.82) is 0 Å². The van der Waals surface area contributed by atoms with Crippen LogP contribution in [0.4, 0.5) is 23.1 Å². The molecule has 1 aromatic heterocycles. The van der Waals surface area contributed by atoms with Gasteiger partial charge in [-0.2, -0.15) is 4.98 Å². The van der Waals surface area contributed by atoms with E-state index in [0.29, 0.717) is 28.6 Å². The van der Waals surface area contributed by atoms with Crippen molar-refractivity contribution in [2.24, 2.45) is 11.8 Å². The minimum absolute atomic E-state index is 0.265. The number of nitrogens with one attached hydrogen (secondary N) is 2. The number of rotatable bonds is 8. The molecule has 2 saturated heterocycles. The van der Waals surface area contributed by atoms with Crippen LogP contribution in [-0.2, 0) is 4.74 Å². The molecule has 0 amide bonds. The SMILES string of the molecule is COc1cc(N2CCN(C)CC2)ccc1Nc1ncc(Cl)c(N[C@H](C(C)C)C2CCOCC2)n1. The van der Waals surface area contributed by atoms with Gasteiger partial charge >= 0.3 is 0 Å². The van der Waals surface area contributed by atoms with E-state index >= 15 is 0 Å². The second-order valence-corrected chi connectivity index (χ2v) is 9.96. The lowest BCUT2D eigenvalue weighted by Crippen LogP contribution is -2.44. The Kier molecular flexibility index (Phi) is 8.34. The van der Waals surface area contributed by atoms with E-state index in [0.717, 1.165) is 69.4 Å². The lowest BCUT2D eigenvalue weighted by Gasteiger charge is -2.34. The summed E-state index contributed by atoms with van der Waals surface area (Å²) in [5.74, 6) is 2.85. The van der Waals surface area contributed by atoms with E-state index in [-0.39, 0.29) is 6.04 Å². The van der Waals surface area contributed by atoms with Crippen LogP contribution in [0, 0.1) is 11.8 Å². The number of benzene rings is 1. The standard InChI is InChI=1S/C25H37ClN6O2/c1-17(2)23(18-7-13-34-14-8-18)29-24-20(26)16-27-25(30-24)28-21-6-5-19(15-22(21)33-4)32-11-9-31(3)10-12-32/h5-6,15-18,23H,7-14H2,1-4H3,(H2,27,28,29,30)/t23-/m1/s1. The maximum atomic E-state index is 6.49. The highest BCUT2D eigenvalue weighted by Crippen LogP contribution is 2.33. The van der Waals surface area contributed by atoms with Crippen molar-refractivity contribution < 1.29 is 9.47 Å². The smallest absolute Gasteiger partial charge is 0.229 e. The Bertz CT molecular complexity index is 945. The van der Waals surface area contributed by atoms with Gasteiger partial charge in [0.15, 0.2) is 5.82 Å². The average molecular weight is 489 g/mol. The third kappa shape index (κ3) is 6.03. The highest BCUT2D eigenvalue weighted by atomic mass is 35.5. The van der Waals surface area contributed by atoms with E-state index in [2.05, 4.69) is 58.4 Å². The molecular formula is C25H37ClN6O2. The topological polar surface area (TPSA) is 74.8 Å². The Balaban J connectivity index is 1.50. The molecule has 3 heterocycles. The summed E-state index contributed by atoms with van der Waals surface area (Å²) in [7, 11) is 3.85. The minimum atomic E-state index is 0.265. The molecule has 0 bridgehead atoms. The molecule has 186 valence electrons. The second-order valence-electron chi connectivity index (χ2n) is 9.55. The number of aromatic nitrogens is 2. The number of methoxy groups -OCH3 is 1. The van der Waals surface area contributed by atoms with Crippen molar-refractivity contribution in [3.8, 4) is 5.75 Å². The van der Waals surface area contributed by atoms with Crippen LogP contribution in [0.2, 0.25) is 5.02 Å². The number of ether oxygens (including phenoxy) is 2. The monoisotopic (exact) mass is 488 g/mol. The van der Waals surface area contributed by atoms with Crippen LogP contribution in [0.1, 0.15) is 26.7 Å². The Hall–Kier alpha value is -2.29. The maximum Gasteiger partial charge on any atom is 0.229 e. The van der Waals surface area contributed by atoms with Crippen LogP contribution in [0.25, 0.3) is 0 Å². The summed E-state index contributed by atoms with van der Waals surface area (Å²) in [6, 6.07) is 6.48. The summed E-state index contributed by atoms with van der Waals surface area (Å²) in [6.45, 7) is 10.2. The molecule has 34 heavy (non-hydrogen) atoms. The van der Waals surface area contributed by atoms with Gasteiger partial charge in [-0.3, -0.25) is 0 Å². The van der Waals surface area contributed by atoms with Gasteiger partial charge in [0, 0.05) is 57.2 Å². The summed E-state index contributed by atoms with van der Waals surface area (Å²) in [6.07, 6.45) is 3.73. The van der Waals surface area contributed by atoms with Crippen LogP contribution in [0.3, 0.4) is 0 Å². The Morgan fingerprint density at radius 1 is 1.15 bits per heavy atom. The zero-order chi connectivity index (χ0) is 24.1. The molecule has 0 unspecified atom stereocenters. The molecule has 0 saturated carbocycles. The van der Waals surface area contributed by atoms with E-state index in [1.54, 1.807) is 13.3 Å². The lowest BCUT2D eigenvalue weighted by atomic mass is 9.85. The van der Waals surface area contributed by atoms with Crippen molar-refractivity contribution in [2.75, 3.05) is 69.1 Å². The van der Waals surface area contributed by atoms with Crippen LogP contribution in [0.15, 0.2) is 24.4 Å². The van der Waals surface area contributed by atoms with Crippen LogP contribution < -0.4 is 20.3 Å². The maximum absolute atomic E-state index is 6.49. The van der Waals surface area contributed by atoms with Gasteiger partial charge in [-0.05, 0) is 43.9 Å². The van der Waals surface area contributed by atoms with Crippen LogP contribution >= 0.6 is 11.6 Å². The molecule has 2 N–H and O–H groups in total. The third-order valence-corrected chi connectivity index (χ3v) is 7.12. The van der Waals surface area contributed by atoms with Crippen molar-refractivity contribution in [3.63, 3.8) is 0 Å². The molecule has 1 aromatic carbocycles. The second kappa shape index (κ2) is 11.4. The first-order valence-corrected chi connectivity index (χ1v) is 12.6. The number of halogens is 1. The number of anilines is 4. The molecule has 9 heteroatoms. The van der Waals surface area contributed by atoms with E-state index < -0.39 is 0 Å². The van der Waals surface area contributed by atoms with Gasteiger partial charge in [0.25, 0.3) is 0 Å². The predicted molar refractivity (Wildman–Crippen MR) is 139 cm³/mol. The van der Waals surface area contributed by atoms with Crippen molar-refractivity contribution >= 4 is 34.7 Å². The zero-order valence-corrected chi connectivity index (χ0v) is 21.4. The zero-order valence-electron chi connectivity index (χ0n) is 20.7. The normalized spacial score (nSPS) is 18.7. The first-order chi connectivity index (χ1) is 16.4. The van der Waals surface area contributed by atoms with Crippen LogP contribution in [-0.4, -0.2) is 74.5 Å². The molecule has 0 aliphatic carbocycles. The van der Waals surface area contributed by atoms with Gasteiger partial charge < -0.3 is 29.9 Å². The average Bonchev–Trinajstić information content (AvgIpc) is 2.85. The highest BCUT2D eigenvalue weighted by molar-refractivity contribution is 6.32. The molecule has 1 atom stereocenters. The van der Waals surface area contributed by atoms with Gasteiger partial charge in [-0.25, -0.2) is 4.98 Å². The molecule has 2 fully saturated rings. The van der Waals surface area contributed by atoms with Crippen molar-refractivity contribution in [1.82, 2.24) is 14.9 Å². The molecular weight excluding hydrogens is 452 g/mol. The number of hydrogen-bond acceptors (Lipinski definition) is 8. The fraction of sp³-hybridized carbons (Fsp3) is 0.600. The molecule has 2 aromatic rings. The first-order valence-electron chi connectivity index (χ1n) is 12.2. The minimum Gasteiger partial charge on any atom is -0.494 e. The summed E-state index contributed by atoms with van der Waals surface area (Å²) >= 11 is 6.49. The van der Waals surface area contributed by atoms with Gasteiger partial charge in [0.2, 0.25) is 5.95 Å². The number of nitrogens with zero attached hydrogens (tertiary/aromatic N) is 4. The summed E-state index contributed by atoms with van der Waals surface area (Å²) < 4.78 is 11.2. The van der Waals surface area contributed by atoms with Crippen LogP contribution in [0.5, 0.6) is 5.75 Å². The Morgan fingerprint density at radius 3 is 2.56 bits per heavy atom. The summed E-state index contributed by atoms with van der Waals surface area (Å²) in [5, 5.41) is 7.44. The van der Waals surface area contributed by atoms with E-state index in [1.807, 2.05) is 6.07 Å². The van der Waals surface area contributed by atoms with Crippen molar-refractivity contribution in [2.45, 2.75) is 32.7 Å². The molecule has 4 rings (SSSR count). The molecule has 0 spiro atoms. The molecule has 2 aliphatic heterocycles. The molecule has 0 radical (unpaired) electrons. The number of piperazine rings is 1. The molecule has 8 nitrogen and oxygen atoms in total. The largest absolute Gasteiger partial charge is 0.494 e. The summed E-state index contributed by atoms with van der Waals surface area (Å²) in [4.78, 5) is 13.9. The number of hydrogen-bond donors (Lipinski definition) is 2. The fourth-order valence-electron chi connectivity index (χ4n) is 4.76. The fourth-order valence-corrected chi connectivity index (χ4v) is 4.90. The quantitative estimate of drug-likeness (QED) is 0.562. The third-order valence-electron chi connectivity index (χ3n) is 6.84. The lowest BCUT2D eigenvalue weighted by molar-refractivity contribution is 0.0558. The summed E-state index contributed by atoms with van der Waals surface area (Å²) in [5.41, 5.74) is 1.98. The van der Waals surface area contributed by atoms with Gasteiger partial charge in [-0.1, -0.05) is 25.4 Å². The van der Waals surface area contributed by atoms with Gasteiger partial charge in [0.05, 0.1) is 19.0 Å². The highest BCUT2D eigenvalue weighted by Gasteiger charge is 2.27. The number of likely N-dealkylation sites (N-methyl/N-ethyl adjacent to an activating group) is 1. The van der Waals surface area contributed by atoms with E-state index in [9.17, 15) is 0 Å². The Labute approximate surface area is 208 Å². The molecule has 2 aliphatic rings. The predicted octanol–water partition coefficient (Wildman–Crippen LogP) is 4.50. The van der Waals surface area contributed by atoms with E-state index in [4.69, 9.17) is 26.1 Å². The van der Waals surface area contributed by atoms with Crippen molar-refractivity contribution in [3.05, 3.63) is 29.4 Å². The first kappa shape index (κ1) is 24.8. The van der Waals surface area contributed by atoms with Gasteiger partial charge in [-0.15, -0.1) is 0 Å². The van der Waals surface area contributed by atoms with E-state index in [1.165, 1.54) is 0 Å². The Morgan fingerprint density at radius 2 is 1.88 bits per heavy atom. The van der Waals surface area contributed by atoms with Gasteiger partial charge in [0.1, 0.15) is 10.8 Å².